The summed E-state index contributed by atoms with van der Waals surface area (Å²) in [6.45, 7) is 14.1. The Morgan fingerprint density at radius 3 is 2.91 bits per heavy atom. The number of morpholine rings is 1. The Bertz CT molecular complexity index is 507. The minimum absolute atomic E-state index is 0.670. The third-order valence-electron chi connectivity index (χ3n) is 5.20. The van der Waals surface area contributed by atoms with Crippen LogP contribution >= 0.6 is 0 Å². The average molecular weight is 318 g/mol. The summed E-state index contributed by atoms with van der Waals surface area (Å²) < 4.78 is 7.52. The molecule has 0 unspecified atom stereocenters. The highest BCUT2D eigenvalue weighted by Crippen LogP contribution is 2.22. The number of aromatic nitrogens is 2. The fourth-order valence-corrected chi connectivity index (χ4v) is 3.72. The first-order valence-electron chi connectivity index (χ1n) is 8.94. The van der Waals surface area contributed by atoms with Crippen LogP contribution in [0.15, 0.2) is 18.9 Å². The molecule has 128 valence electrons. The van der Waals surface area contributed by atoms with Crippen LogP contribution in [0.5, 0.6) is 0 Å². The predicted octanol–water partition coefficient (Wildman–Crippen LogP) is 2.06. The Kier molecular flexibility index (Phi) is 5.86. The number of piperidine rings is 1. The van der Waals surface area contributed by atoms with Gasteiger partial charge in [0.1, 0.15) is 0 Å². The molecule has 1 aromatic heterocycles. The van der Waals surface area contributed by atoms with Crippen LogP contribution in [-0.4, -0.2) is 65.0 Å². The van der Waals surface area contributed by atoms with E-state index >= 15 is 0 Å². The maximum absolute atomic E-state index is 5.48. The fourth-order valence-electron chi connectivity index (χ4n) is 3.72. The fraction of sp³-hybridized carbons (Fsp3) is 0.722. The first-order valence-corrected chi connectivity index (χ1v) is 8.94. The summed E-state index contributed by atoms with van der Waals surface area (Å²) in [4.78, 5) is 5.24. The summed E-state index contributed by atoms with van der Waals surface area (Å²) in [5.41, 5.74) is 2.64. The van der Waals surface area contributed by atoms with Gasteiger partial charge in [-0.2, -0.15) is 5.10 Å². The lowest BCUT2D eigenvalue weighted by atomic mass is 10.0. The standard InChI is InChI=1S/C18H30N4O/c1-3-7-22-16(2)17(13-19-22)14-21-8-5-4-6-18(21)15-20-9-11-23-12-10-20/h3,13,18H,1,4-12,14-15H2,2H3/t18-/m1/s1. The molecule has 0 radical (unpaired) electrons. The van der Waals surface area contributed by atoms with Crippen molar-refractivity contribution in [1.29, 1.82) is 0 Å². The van der Waals surface area contributed by atoms with Crippen LogP contribution < -0.4 is 0 Å². The molecule has 0 bridgehead atoms. The quantitative estimate of drug-likeness (QED) is 0.752. The van der Waals surface area contributed by atoms with E-state index in [0.29, 0.717) is 6.04 Å². The Hall–Kier alpha value is -1.17. The Labute approximate surface area is 139 Å². The molecule has 5 heteroatoms. The molecule has 2 aliphatic rings. The third-order valence-corrected chi connectivity index (χ3v) is 5.20. The number of hydrogen-bond donors (Lipinski definition) is 0. The van der Waals surface area contributed by atoms with Crippen LogP contribution in [0.2, 0.25) is 0 Å². The van der Waals surface area contributed by atoms with Crippen LogP contribution in [-0.2, 0) is 17.8 Å². The van der Waals surface area contributed by atoms with Crippen LogP contribution in [0.3, 0.4) is 0 Å². The van der Waals surface area contributed by atoms with Gasteiger partial charge in [-0.05, 0) is 26.3 Å². The summed E-state index contributed by atoms with van der Waals surface area (Å²) in [7, 11) is 0. The summed E-state index contributed by atoms with van der Waals surface area (Å²) in [5.74, 6) is 0. The van der Waals surface area contributed by atoms with Gasteiger partial charge in [0.15, 0.2) is 0 Å². The smallest absolute Gasteiger partial charge is 0.0594 e. The van der Waals surface area contributed by atoms with Crippen LogP contribution in [0, 0.1) is 6.92 Å². The van der Waals surface area contributed by atoms with Gasteiger partial charge in [-0.3, -0.25) is 14.5 Å². The van der Waals surface area contributed by atoms with Crippen molar-refractivity contribution in [2.45, 2.75) is 45.3 Å². The number of hydrogen-bond acceptors (Lipinski definition) is 4. The summed E-state index contributed by atoms with van der Waals surface area (Å²) >= 11 is 0. The lowest BCUT2D eigenvalue weighted by molar-refractivity contribution is 0.0153. The summed E-state index contributed by atoms with van der Waals surface area (Å²) in [6, 6.07) is 0.670. The normalized spacial score (nSPS) is 24.0. The van der Waals surface area contributed by atoms with Crippen molar-refractivity contribution >= 4 is 0 Å². The van der Waals surface area contributed by atoms with E-state index in [9.17, 15) is 0 Å². The Balaban J connectivity index is 1.62. The van der Waals surface area contributed by atoms with E-state index in [1.807, 2.05) is 17.0 Å². The van der Waals surface area contributed by atoms with Gasteiger partial charge in [0.05, 0.1) is 26.0 Å². The molecular formula is C18H30N4O. The molecule has 3 heterocycles. The molecule has 0 N–H and O–H groups in total. The number of likely N-dealkylation sites (tertiary alicyclic amines) is 1. The van der Waals surface area contributed by atoms with Gasteiger partial charge >= 0.3 is 0 Å². The zero-order valence-corrected chi connectivity index (χ0v) is 14.4. The van der Waals surface area contributed by atoms with Gasteiger partial charge in [0, 0.05) is 43.5 Å². The van der Waals surface area contributed by atoms with Crippen molar-refractivity contribution in [2.75, 3.05) is 39.4 Å². The molecule has 1 atom stereocenters. The maximum atomic E-state index is 5.48. The van der Waals surface area contributed by atoms with Gasteiger partial charge in [0.25, 0.3) is 0 Å². The minimum atomic E-state index is 0.670. The van der Waals surface area contributed by atoms with Crippen LogP contribution in [0.25, 0.3) is 0 Å². The second kappa shape index (κ2) is 8.08. The molecule has 0 spiro atoms. The van der Waals surface area contributed by atoms with E-state index in [2.05, 4.69) is 28.4 Å². The van der Waals surface area contributed by atoms with Crippen LogP contribution in [0.1, 0.15) is 30.5 Å². The minimum Gasteiger partial charge on any atom is -0.379 e. The monoisotopic (exact) mass is 318 g/mol. The lowest BCUT2D eigenvalue weighted by Crippen LogP contribution is -2.49. The molecule has 0 saturated carbocycles. The van der Waals surface area contributed by atoms with Gasteiger partial charge in [-0.25, -0.2) is 0 Å². The first-order chi connectivity index (χ1) is 11.3. The second-order valence-electron chi connectivity index (χ2n) is 6.76. The molecule has 3 rings (SSSR count). The molecule has 2 fully saturated rings. The number of ether oxygens (including phenoxy) is 1. The zero-order valence-electron chi connectivity index (χ0n) is 14.4. The van der Waals surface area contributed by atoms with E-state index in [1.165, 1.54) is 43.6 Å². The highest BCUT2D eigenvalue weighted by atomic mass is 16.5. The molecule has 0 amide bonds. The molecular weight excluding hydrogens is 288 g/mol. The summed E-state index contributed by atoms with van der Waals surface area (Å²) in [5, 5.41) is 4.50. The molecule has 0 aromatic carbocycles. The van der Waals surface area contributed by atoms with E-state index < -0.39 is 0 Å². The average Bonchev–Trinajstić information content (AvgIpc) is 2.91. The third kappa shape index (κ3) is 4.22. The molecule has 2 saturated heterocycles. The number of nitrogens with zero attached hydrogens (tertiary/aromatic N) is 4. The van der Waals surface area contributed by atoms with E-state index in [4.69, 9.17) is 4.74 Å². The highest BCUT2D eigenvalue weighted by Gasteiger charge is 2.26. The van der Waals surface area contributed by atoms with Gasteiger partial charge in [-0.15, -0.1) is 6.58 Å². The highest BCUT2D eigenvalue weighted by molar-refractivity contribution is 5.16. The number of rotatable bonds is 6. The van der Waals surface area contributed by atoms with Crippen molar-refractivity contribution in [1.82, 2.24) is 19.6 Å². The SMILES string of the molecule is C=CCn1ncc(CN2CCCC[C@@H]2CN2CCOCC2)c1C. The Morgan fingerprint density at radius 2 is 2.13 bits per heavy atom. The molecule has 5 nitrogen and oxygen atoms in total. The van der Waals surface area contributed by atoms with E-state index in [1.54, 1.807) is 0 Å². The largest absolute Gasteiger partial charge is 0.379 e. The second-order valence-corrected chi connectivity index (χ2v) is 6.76. The van der Waals surface area contributed by atoms with Crippen LogP contribution in [0.4, 0.5) is 0 Å². The number of allylic oxidation sites excluding steroid dienone is 1. The van der Waals surface area contributed by atoms with Crippen molar-refractivity contribution < 1.29 is 4.74 Å². The zero-order chi connectivity index (χ0) is 16.1. The van der Waals surface area contributed by atoms with Crippen molar-refractivity contribution in [3.63, 3.8) is 0 Å². The molecule has 0 aliphatic carbocycles. The lowest BCUT2D eigenvalue weighted by Gasteiger charge is -2.39. The van der Waals surface area contributed by atoms with Crippen molar-refractivity contribution in [3.8, 4) is 0 Å². The van der Waals surface area contributed by atoms with Crippen molar-refractivity contribution in [3.05, 3.63) is 30.1 Å². The van der Waals surface area contributed by atoms with Gasteiger partial charge < -0.3 is 4.74 Å². The predicted molar refractivity (Wildman–Crippen MR) is 92.5 cm³/mol. The molecule has 2 aliphatic heterocycles. The molecule has 23 heavy (non-hydrogen) atoms. The maximum Gasteiger partial charge on any atom is 0.0594 e. The van der Waals surface area contributed by atoms with Gasteiger partial charge in [0.2, 0.25) is 0 Å². The van der Waals surface area contributed by atoms with E-state index in [-0.39, 0.29) is 0 Å². The van der Waals surface area contributed by atoms with Gasteiger partial charge in [-0.1, -0.05) is 12.5 Å². The Morgan fingerprint density at radius 1 is 1.30 bits per heavy atom. The van der Waals surface area contributed by atoms with E-state index in [0.717, 1.165) is 39.4 Å². The summed E-state index contributed by atoms with van der Waals surface area (Å²) in [6.07, 6.45) is 7.95. The first kappa shape index (κ1) is 16.7. The van der Waals surface area contributed by atoms with Crippen molar-refractivity contribution in [2.24, 2.45) is 0 Å². The molecule has 1 aromatic rings. The topological polar surface area (TPSA) is 33.5 Å².